The molecule has 28 heavy (non-hydrogen) atoms. The Kier molecular flexibility index (Phi) is 5.09. The van der Waals surface area contributed by atoms with E-state index in [1.165, 1.54) is 0 Å². The molecule has 0 amide bonds. The summed E-state index contributed by atoms with van der Waals surface area (Å²) < 4.78 is 22.4. The van der Waals surface area contributed by atoms with Crippen molar-refractivity contribution in [2.24, 2.45) is 0 Å². The van der Waals surface area contributed by atoms with Gasteiger partial charge in [0.2, 0.25) is 0 Å². The second-order valence-corrected chi connectivity index (χ2v) is 6.93. The molecule has 0 saturated carbocycles. The van der Waals surface area contributed by atoms with E-state index in [9.17, 15) is 14.7 Å². The summed E-state index contributed by atoms with van der Waals surface area (Å²) in [7, 11) is 0. The monoisotopic (exact) mass is 389 g/mol. The number of H-pyrrole nitrogens is 1. The van der Waals surface area contributed by atoms with Crippen molar-refractivity contribution in [3.8, 4) is 5.75 Å². The van der Waals surface area contributed by atoms with Crippen LogP contribution in [0.2, 0.25) is 0 Å². The van der Waals surface area contributed by atoms with Gasteiger partial charge in [0.15, 0.2) is 11.7 Å². The SMILES string of the molecule is CCOC(=O)c1c(O[C@H]2CO[C@H]3[C@@H]2OC[C@@H]3O)c2ccc(CC)cc2[nH]c1=O. The van der Waals surface area contributed by atoms with E-state index in [-0.39, 0.29) is 31.1 Å². The summed E-state index contributed by atoms with van der Waals surface area (Å²) in [6.07, 6.45) is -1.40. The highest BCUT2D eigenvalue weighted by atomic mass is 16.6. The van der Waals surface area contributed by atoms with E-state index in [1.807, 2.05) is 25.1 Å². The molecule has 1 aromatic heterocycles. The van der Waals surface area contributed by atoms with Crippen molar-refractivity contribution in [2.45, 2.75) is 44.7 Å². The molecule has 2 saturated heterocycles. The van der Waals surface area contributed by atoms with Gasteiger partial charge >= 0.3 is 5.97 Å². The fourth-order valence-corrected chi connectivity index (χ4v) is 3.74. The first-order valence-corrected chi connectivity index (χ1v) is 9.47. The number of carbonyl (C=O) groups excluding carboxylic acids is 1. The number of nitrogens with one attached hydrogen (secondary N) is 1. The largest absolute Gasteiger partial charge is 0.483 e. The average Bonchev–Trinajstić information content (AvgIpc) is 3.24. The Hall–Kier alpha value is -2.42. The maximum Gasteiger partial charge on any atom is 0.347 e. The zero-order chi connectivity index (χ0) is 19.8. The number of hydrogen-bond donors (Lipinski definition) is 2. The third-order valence-corrected chi connectivity index (χ3v) is 5.17. The number of benzene rings is 1. The van der Waals surface area contributed by atoms with Crippen molar-refractivity contribution in [3.63, 3.8) is 0 Å². The van der Waals surface area contributed by atoms with Gasteiger partial charge in [0.25, 0.3) is 5.56 Å². The van der Waals surface area contributed by atoms with Gasteiger partial charge in [0, 0.05) is 5.39 Å². The van der Waals surface area contributed by atoms with Gasteiger partial charge in [-0.1, -0.05) is 13.0 Å². The van der Waals surface area contributed by atoms with E-state index in [1.54, 1.807) is 6.92 Å². The van der Waals surface area contributed by atoms with Gasteiger partial charge in [0.1, 0.15) is 24.1 Å². The summed E-state index contributed by atoms with van der Waals surface area (Å²) in [6.45, 7) is 4.18. The van der Waals surface area contributed by atoms with E-state index in [2.05, 4.69) is 4.98 Å². The minimum absolute atomic E-state index is 0.136. The lowest BCUT2D eigenvalue weighted by Gasteiger charge is -2.20. The molecule has 8 nitrogen and oxygen atoms in total. The van der Waals surface area contributed by atoms with Gasteiger partial charge in [-0.2, -0.15) is 0 Å². The molecule has 0 spiro atoms. The summed E-state index contributed by atoms with van der Waals surface area (Å²) in [5.41, 5.74) is 0.873. The average molecular weight is 389 g/mol. The number of carbonyl (C=O) groups is 1. The molecule has 8 heteroatoms. The summed E-state index contributed by atoms with van der Waals surface area (Å²) in [6, 6.07) is 5.61. The molecule has 0 aliphatic carbocycles. The molecule has 2 fully saturated rings. The molecule has 4 rings (SSSR count). The standard InChI is InChI=1S/C20H23NO7/c1-3-10-5-6-11-12(7-10)21-19(23)15(20(24)25-4-2)16(11)28-14-9-27-17-13(22)8-26-18(14)17/h5-7,13-14,17-18,22H,3-4,8-9H2,1-2H3,(H,21,23)/t13-,14-,17+,18+/m0/s1. The predicted octanol–water partition coefficient (Wildman–Crippen LogP) is 1.17. The van der Waals surface area contributed by atoms with Crippen molar-refractivity contribution < 1.29 is 28.8 Å². The normalized spacial score (nSPS) is 26.4. The second-order valence-electron chi connectivity index (χ2n) is 6.93. The summed E-state index contributed by atoms with van der Waals surface area (Å²) in [4.78, 5) is 27.9. The molecular weight excluding hydrogens is 366 g/mol. The number of aliphatic hydroxyl groups excluding tert-OH is 1. The first-order chi connectivity index (χ1) is 13.5. The van der Waals surface area contributed by atoms with E-state index in [0.29, 0.717) is 10.9 Å². The molecular formula is C20H23NO7. The van der Waals surface area contributed by atoms with Crippen LogP contribution in [0.5, 0.6) is 5.75 Å². The minimum atomic E-state index is -0.747. The van der Waals surface area contributed by atoms with E-state index >= 15 is 0 Å². The fraction of sp³-hybridized carbons (Fsp3) is 0.500. The highest BCUT2D eigenvalue weighted by Crippen LogP contribution is 2.34. The van der Waals surface area contributed by atoms with Crippen LogP contribution in [0, 0.1) is 0 Å². The third-order valence-electron chi connectivity index (χ3n) is 5.17. The summed E-state index contributed by atoms with van der Waals surface area (Å²) >= 11 is 0. The maximum atomic E-state index is 12.7. The van der Waals surface area contributed by atoms with E-state index in [4.69, 9.17) is 18.9 Å². The molecule has 2 aliphatic heterocycles. The van der Waals surface area contributed by atoms with Crippen LogP contribution in [-0.2, 0) is 20.6 Å². The molecule has 4 atom stereocenters. The Morgan fingerprint density at radius 1 is 1.25 bits per heavy atom. The Morgan fingerprint density at radius 2 is 2.04 bits per heavy atom. The van der Waals surface area contributed by atoms with Crippen LogP contribution >= 0.6 is 0 Å². The molecule has 0 unspecified atom stereocenters. The number of hydrogen-bond acceptors (Lipinski definition) is 7. The van der Waals surface area contributed by atoms with E-state index in [0.717, 1.165) is 12.0 Å². The molecule has 150 valence electrons. The number of aliphatic hydroxyl groups is 1. The number of aromatic nitrogens is 1. The lowest BCUT2D eigenvalue weighted by molar-refractivity contribution is 0.00848. The topological polar surface area (TPSA) is 107 Å². The highest BCUT2D eigenvalue weighted by molar-refractivity contribution is 5.99. The van der Waals surface area contributed by atoms with Crippen LogP contribution in [0.4, 0.5) is 0 Å². The first-order valence-electron chi connectivity index (χ1n) is 9.47. The van der Waals surface area contributed by atoms with Crippen molar-refractivity contribution >= 4 is 16.9 Å². The number of aryl methyl sites for hydroxylation is 1. The minimum Gasteiger partial charge on any atom is -0.483 e. The molecule has 2 aliphatic rings. The number of pyridine rings is 1. The van der Waals surface area contributed by atoms with Gasteiger partial charge in [-0.3, -0.25) is 4.79 Å². The molecule has 3 heterocycles. The lowest BCUT2D eigenvalue weighted by Crippen LogP contribution is -2.35. The molecule has 2 N–H and O–H groups in total. The van der Waals surface area contributed by atoms with Gasteiger partial charge in [0.05, 0.1) is 25.3 Å². The van der Waals surface area contributed by atoms with Crippen molar-refractivity contribution in [2.75, 3.05) is 19.8 Å². The molecule has 0 radical (unpaired) electrons. The first kappa shape index (κ1) is 18.9. The zero-order valence-corrected chi connectivity index (χ0v) is 15.8. The van der Waals surface area contributed by atoms with Crippen LogP contribution in [0.15, 0.2) is 23.0 Å². The van der Waals surface area contributed by atoms with Gasteiger partial charge in [-0.25, -0.2) is 4.79 Å². The van der Waals surface area contributed by atoms with Crippen LogP contribution in [0.1, 0.15) is 29.8 Å². The fourth-order valence-electron chi connectivity index (χ4n) is 3.74. The lowest BCUT2D eigenvalue weighted by atomic mass is 10.1. The van der Waals surface area contributed by atoms with Crippen LogP contribution < -0.4 is 10.3 Å². The number of rotatable bonds is 5. The smallest absolute Gasteiger partial charge is 0.347 e. The molecule has 0 bridgehead atoms. The Morgan fingerprint density at radius 3 is 2.79 bits per heavy atom. The third kappa shape index (κ3) is 3.17. The molecule has 2 aromatic rings. The summed E-state index contributed by atoms with van der Waals surface area (Å²) in [5.74, 6) is -0.595. The number of fused-ring (bicyclic) bond motifs is 2. The molecule has 1 aromatic carbocycles. The number of ether oxygens (including phenoxy) is 4. The van der Waals surface area contributed by atoms with Crippen molar-refractivity contribution in [1.82, 2.24) is 4.98 Å². The van der Waals surface area contributed by atoms with E-state index < -0.39 is 35.9 Å². The quantitative estimate of drug-likeness (QED) is 0.739. The van der Waals surface area contributed by atoms with Crippen LogP contribution in [-0.4, -0.2) is 60.3 Å². The Bertz CT molecular complexity index is 953. The van der Waals surface area contributed by atoms with Crippen LogP contribution in [0.3, 0.4) is 0 Å². The highest BCUT2D eigenvalue weighted by Gasteiger charge is 2.48. The maximum absolute atomic E-state index is 12.7. The van der Waals surface area contributed by atoms with Gasteiger partial charge < -0.3 is 29.0 Å². The van der Waals surface area contributed by atoms with Gasteiger partial charge in [-0.05, 0) is 31.0 Å². The van der Waals surface area contributed by atoms with Crippen LogP contribution in [0.25, 0.3) is 10.9 Å². The van der Waals surface area contributed by atoms with Gasteiger partial charge in [-0.15, -0.1) is 0 Å². The zero-order valence-electron chi connectivity index (χ0n) is 15.8. The second kappa shape index (κ2) is 7.54. The predicted molar refractivity (Wildman–Crippen MR) is 99.8 cm³/mol. The number of esters is 1. The summed E-state index contributed by atoms with van der Waals surface area (Å²) in [5, 5.41) is 10.5. The van der Waals surface area contributed by atoms with Crippen molar-refractivity contribution in [1.29, 1.82) is 0 Å². The Labute approximate surface area is 161 Å². The number of aromatic amines is 1. The Balaban J connectivity index is 1.80. The van der Waals surface area contributed by atoms with Crippen molar-refractivity contribution in [3.05, 3.63) is 39.7 Å².